The molecule has 0 radical (unpaired) electrons. The SMILES string of the molecule is N#C/C=C(\O)C1CCCO1. The van der Waals surface area contributed by atoms with E-state index in [1.54, 1.807) is 6.07 Å². The summed E-state index contributed by atoms with van der Waals surface area (Å²) >= 11 is 0. The lowest BCUT2D eigenvalue weighted by Gasteiger charge is -2.05. The summed E-state index contributed by atoms with van der Waals surface area (Å²) in [6, 6.07) is 1.75. The molecule has 1 N–H and O–H groups in total. The molecule has 1 heterocycles. The number of hydrogen-bond acceptors (Lipinski definition) is 3. The first-order valence-corrected chi connectivity index (χ1v) is 3.25. The van der Waals surface area contributed by atoms with Crippen LogP contribution in [0.1, 0.15) is 12.8 Å². The van der Waals surface area contributed by atoms with Crippen LogP contribution in [0.3, 0.4) is 0 Å². The van der Waals surface area contributed by atoms with E-state index in [1.807, 2.05) is 0 Å². The molecule has 1 atom stereocenters. The molecule has 0 aliphatic carbocycles. The van der Waals surface area contributed by atoms with Crippen molar-refractivity contribution >= 4 is 0 Å². The molecule has 1 rings (SSSR count). The molecule has 10 heavy (non-hydrogen) atoms. The van der Waals surface area contributed by atoms with Gasteiger partial charge in [-0.15, -0.1) is 0 Å². The van der Waals surface area contributed by atoms with E-state index in [-0.39, 0.29) is 11.9 Å². The quantitative estimate of drug-likeness (QED) is 0.437. The van der Waals surface area contributed by atoms with Gasteiger partial charge < -0.3 is 9.84 Å². The lowest BCUT2D eigenvalue weighted by molar-refractivity contribution is 0.102. The normalized spacial score (nSPS) is 26.3. The van der Waals surface area contributed by atoms with Crippen LogP contribution in [0.4, 0.5) is 0 Å². The first-order valence-electron chi connectivity index (χ1n) is 3.25. The summed E-state index contributed by atoms with van der Waals surface area (Å²) in [5.74, 6) is 0.0556. The van der Waals surface area contributed by atoms with Crippen LogP contribution in [-0.2, 0) is 4.74 Å². The molecule has 0 aromatic rings. The number of ether oxygens (including phenoxy) is 1. The number of aliphatic hydroxyl groups excluding tert-OH is 1. The molecule has 0 amide bonds. The number of hydrogen-bond donors (Lipinski definition) is 1. The summed E-state index contributed by atoms with van der Waals surface area (Å²) in [4.78, 5) is 0. The molecule has 1 fully saturated rings. The van der Waals surface area contributed by atoms with Gasteiger partial charge in [-0.1, -0.05) is 0 Å². The number of aliphatic hydroxyl groups is 1. The second-order valence-electron chi connectivity index (χ2n) is 2.20. The minimum atomic E-state index is -0.223. The Balaban J connectivity index is 2.49. The van der Waals surface area contributed by atoms with Gasteiger partial charge in [-0.05, 0) is 12.8 Å². The Bertz CT molecular complexity index is 175. The minimum Gasteiger partial charge on any atom is -0.509 e. The van der Waals surface area contributed by atoms with Crippen molar-refractivity contribution in [3.63, 3.8) is 0 Å². The molecule has 1 saturated heterocycles. The van der Waals surface area contributed by atoms with E-state index in [2.05, 4.69) is 0 Å². The topological polar surface area (TPSA) is 53.2 Å². The number of nitrogens with zero attached hydrogens (tertiary/aromatic N) is 1. The van der Waals surface area contributed by atoms with E-state index in [4.69, 9.17) is 15.1 Å². The maximum Gasteiger partial charge on any atom is 0.131 e. The van der Waals surface area contributed by atoms with E-state index >= 15 is 0 Å². The highest BCUT2D eigenvalue weighted by molar-refractivity contribution is 5.11. The third-order valence-electron chi connectivity index (χ3n) is 1.47. The molecule has 0 bridgehead atoms. The van der Waals surface area contributed by atoms with Crippen molar-refractivity contribution in [3.05, 3.63) is 11.8 Å². The average molecular weight is 139 g/mol. The molecule has 1 unspecified atom stereocenters. The minimum absolute atomic E-state index is 0.0556. The van der Waals surface area contributed by atoms with Gasteiger partial charge in [0.05, 0.1) is 12.1 Å². The van der Waals surface area contributed by atoms with Crippen LogP contribution in [0.25, 0.3) is 0 Å². The highest BCUT2D eigenvalue weighted by Crippen LogP contribution is 2.17. The molecule has 0 aromatic heterocycles. The van der Waals surface area contributed by atoms with E-state index in [1.165, 1.54) is 0 Å². The summed E-state index contributed by atoms with van der Waals surface area (Å²) in [6.07, 6.45) is 2.69. The van der Waals surface area contributed by atoms with Crippen LogP contribution < -0.4 is 0 Å². The van der Waals surface area contributed by atoms with Crippen LogP contribution in [0, 0.1) is 11.3 Å². The highest BCUT2D eigenvalue weighted by atomic mass is 16.5. The first-order chi connectivity index (χ1) is 4.84. The predicted octanol–water partition coefficient (Wildman–Crippen LogP) is 1.13. The maximum absolute atomic E-state index is 9.06. The summed E-state index contributed by atoms with van der Waals surface area (Å²) in [7, 11) is 0. The predicted molar refractivity (Wildman–Crippen MR) is 35.3 cm³/mol. The molecule has 1 aliphatic heterocycles. The van der Waals surface area contributed by atoms with E-state index < -0.39 is 0 Å². The van der Waals surface area contributed by atoms with Crippen LogP contribution >= 0.6 is 0 Å². The Kier molecular flexibility index (Phi) is 2.30. The fourth-order valence-electron chi connectivity index (χ4n) is 0.970. The van der Waals surface area contributed by atoms with Gasteiger partial charge in [-0.3, -0.25) is 0 Å². The van der Waals surface area contributed by atoms with Crippen molar-refractivity contribution in [2.45, 2.75) is 18.9 Å². The number of allylic oxidation sites excluding steroid dienone is 1. The van der Waals surface area contributed by atoms with E-state index in [0.717, 1.165) is 18.9 Å². The summed E-state index contributed by atoms with van der Waals surface area (Å²) in [5, 5.41) is 17.2. The monoisotopic (exact) mass is 139 g/mol. The summed E-state index contributed by atoms with van der Waals surface area (Å²) in [6.45, 7) is 0.688. The van der Waals surface area contributed by atoms with Gasteiger partial charge >= 0.3 is 0 Å². The molecule has 3 nitrogen and oxygen atoms in total. The molecule has 3 heteroatoms. The van der Waals surface area contributed by atoms with Crippen LogP contribution in [-0.4, -0.2) is 17.8 Å². The third kappa shape index (κ3) is 1.49. The molecule has 1 aliphatic rings. The molecule has 0 aromatic carbocycles. The van der Waals surface area contributed by atoms with Crippen molar-refractivity contribution in [3.8, 4) is 6.07 Å². The van der Waals surface area contributed by atoms with Gasteiger partial charge in [0.25, 0.3) is 0 Å². The van der Waals surface area contributed by atoms with Crippen molar-refractivity contribution in [1.82, 2.24) is 0 Å². The summed E-state index contributed by atoms with van der Waals surface area (Å²) in [5.41, 5.74) is 0. The smallest absolute Gasteiger partial charge is 0.131 e. The fourth-order valence-corrected chi connectivity index (χ4v) is 0.970. The largest absolute Gasteiger partial charge is 0.509 e. The average Bonchev–Trinajstić information content (AvgIpc) is 2.38. The Morgan fingerprint density at radius 2 is 2.60 bits per heavy atom. The zero-order chi connectivity index (χ0) is 7.40. The second kappa shape index (κ2) is 3.23. The van der Waals surface area contributed by atoms with E-state index in [0.29, 0.717) is 6.61 Å². The van der Waals surface area contributed by atoms with Gasteiger partial charge in [-0.2, -0.15) is 5.26 Å². The van der Waals surface area contributed by atoms with Crippen molar-refractivity contribution in [1.29, 1.82) is 5.26 Å². The van der Waals surface area contributed by atoms with Gasteiger partial charge in [0.2, 0.25) is 0 Å². The molecule has 0 spiro atoms. The van der Waals surface area contributed by atoms with Gasteiger partial charge in [0.15, 0.2) is 0 Å². The molecule has 0 saturated carbocycles. The zero-order valence-electron chi connectivity index (χ0n) is 5.58. The maximum atomic E-state index is 9.06. The fraction of sp³-hybridized carbons (Fsp3) is 0.571. The van der Waals surface area contributed by atoms with Gasteiger partial charge in [0.1, 0.15) is 11.9 Å². The lowest BCUT2D eigenvalue weighted by atomic mass is 10.2. The zero-order valence-corrected chi connectivity index (χ0v) is 5.58. The van der Waals surface area contributed by atoms with Crippen molar-refractivity contribution in [2.24, 2.45) is 0 Å². The Hall–Kier alpha value is -1.01. The highest BCUT2D eigenvalue weighted by Gasteiger charge is 2.18. The van der Waals surface area contributed by atoms with Gasteiger partial charge in [0, 0.05) is 6.61 Å². The van der Waals surface area contributed by atoms with Crippen LogP contribution in [0.2, 0.25) is 0 Å². The molecular formula is C7H9NO2. The summed E-state index contributed by atoms with van der Waals surface area (Å²) < 4.78 is 5.10. The Labute approximate surface area is 59.5 Å². The standard InChI is InChI=1S/C7H9NO2/c8-4-3-6(9)7-2-1-5-10-7/h3,7,9H,1-2,5H2/b6-3-. The van der Waals surface area contributed by atoms with Crippen LogP contribution in [0.5, 0.6) is 0 Å². The van der Waals surface area contributed by atoms with E-state index in [9.17, 15) is 0 Å². The Morgan fingerprint density at radius 1 is 1.80 bits per heavy atom. The van der Waals surface area contributed by atoms with Crippen molar-refractivity contribution in [2.75, 3.05) is 6.61 Å². The Morgan fingerprint density at radius 3 is 3.10 bits per heavy atom. The van der Waals surface area contributed by atoms with Gasteiger partial charge in [-0.25, -0.2) is 0 Å². The number of nitriles is 1. The first kappa shape index (κ1) is 7.10. The van der Waals surface area contributed by atoms with Crippen molar-refractivity contribution < 1.29 is 9.84 Å². The molecule has 54 valence electrons. The molecular weight excluding hydrogens is 130 g/mol. The number of rotatable bonds is 1. The lowest BCUT2D eigenvalue weighted by Crippen LogP contribution is -2.07. The third-order valence-corrected chi connectivity index (χ3v) is 1.47. The second-order valence-corrected chi connectivity index (χ2v) is 2.20. The van der Waals surface area contributed by atoms with Crippen LogP contribution in [0.15, 0.2) is 11.8 Å².